The van der Waals surface area contributed by atoms with Gasteiger partial charge in [0.15, 0.2) is 0 Å². The van der Waals surface area contributed by atoms with Crippen LogP contribution in [0.3, 0.4) is 0 Å². The average molecular weight is 256 g/mol. The summed E-state index contributed by atoms with van der Waals surface area (Å²) in [6.07, 6.45) is 6.47. The van der Waals surface area contributed by atoms with E-state index in [0.29, 0.717) is 11.5 Å². The number of nitrogens with zero attached hydrogens (tertiary/aromatic N) is 3. The Morgan fingerprint density at radius 1 is 1.21 bits per heavy atom. The Balaban J connectivity index is 1.80. The van der Waals surface area contributed by atoms with Crippen molar-refractivity contribution in [3.8, 4) is 0 Å². The van der Waals surface area contributed by atoms with E-state index in [1.165, 1.54) is 42.3 Å². The largest absolute Gasteiger partial charge is 0.366 e. The maximum Gasteiger partial charge on any atom is 0.279 e. The summed E-state index contributed by atoms with van der Waals surface area (Å²) in [6.45, 7) is 0. The van der Waals surface area contributed by atoms with E-state index in [1.807, 2.05) is 24.3 Å². The number of aromatic nitrogens is 3. The third-order valence-electron chi connectivity index (χ3n) is 3.70. The number of hydrogen-bond acceptors (Lipinski definition) is 4. The minimum absolute atomic E-state index is 0.107. The molecule has 0 bridgehead atoms. The van der Waals surface area contributed by atoms with Gasteiger partial charge in [0.2, 0.25) is 5.95 Å². The molecule has 0 unspecified atom stereocenters. The van der Waals surface area contributed by atoms with Crippen LogP contribution < -0.4 is 5.73 Å². The summed E-state index contributed by atoms with van der Waals surface area (Å²) in [4.78, 5) is 15.8. The lowest BCUT2D eigenvalue weighted by Crippen LogP contribution is -2.13. The summed E-state index contributed by atoms with van der Waals surface area (Å²) in [5, 5.41) is 3.82. The molecule has 1 aliphatic rings. The van der Waals surface area contributed by atoms with Crippen molar-refractivity contribution in [2.75, 3.05) is 5.73 Å². The first kappa shape index (κ1) is 11.9. The lowest BCUT2D eigenvalue weighted by atomic mass is 9.97. The van der Waals surface area contributed by atoms with Crippen molar-refractivity contribution in [1.29, 1.82) is 0 Å². The number of hydrogen-bond donors (Lipinski definition) is 1. The Morgan fingerprint density at radius 2 is 1.89 bits per heavy atom. The molecule has 2 N–H and O–H groups in total. The summed E-state index contributed by atoms with van der Waals surface area (Å²) in [6, 6.07) is 7.80. The number of nitrogen functional groups attached to an aromatic ring is 1. The minimum atomic E-state index is -0.206. The fraction of sp³-hybridized carbons (Fsp3) is 0.357. The SMILES string of the molecule is Nc1ncn(C(=O)c2ccc(C3CCCC3)cc2)n1. The predicted molar refractivity (Wildman–Crippen MR) is 71.8 cm³/mol. The molecule has 3 rings (SSSR count). The maximum absolute atomic E-state index is 12.1. The van der Waals surface area contributed by atoms with Gasteiger partial charge in [-0.3, -0.25) is 4.79 Å². The van der Waals surface area contributed by atoms with E-state index >= 15 is 0 Å². The van der Waals surface area contributed by atoms with Crippen molar-refractivity contribution in [1.82, 2.24) is 14.8 Å². The van der Waals surface area contributed by atoms with Crippen molar-refractivity contribution >= 4 is 11.9 Å². The molecule has 1 aromatic heterocycles. The molecule has 98 valence electrons. The monoisotopic (exact) mass is 256 g/mol. The number of carbonyl (C=O) groups is 1. The maximum atomic E-state index is 12.1. The molecule has 0 atom stereocenters. The van der Waals surface area contributed by atoms with Gasteiger partial charge in [-0.2, -0.15) is 4.68 Å². The smallest absolute Gasteiger partial charge is 0.279 e. The van der Waals surface area contributed by atoms with Crippen LogP contribution in [0, 0.1) is 0 Å². The molecule has 0 aliphatic heterocycles. The van der Waals surface area contributed by atoms with E-state index in [9.17, 15) is 4.79 Å². The molecular formula is C14H16N4O. The molecule has 0 amide bonds. The molecule has 1 heterocycles. The second-order valence-corrected chi connectivity index (χ2v) is 4.96. The first-order valence-electron chi connectivity index (χ1n) is 6.56. The molecule has 5 nitrogen and oxygen atoms in total. The molecule has 1 aliphatic carbocycles. The molecule has 19 heavy (non-hydrogen) atoms. The molecule has 2 aromatic rings. The van der Waals surface area contributed by atoms with Crippen LogP contribution in [-0.4, -0.2) is 20.7 Å². The third kappa shape index (κ3) is 2.36. The minimum Gasteiger partial charge on any atom is -0.366 e. The average Bonchev–Trinajstić information content (AvgIpc) is 3.09. The van der Waals surface area contributed by atoms with Crippen molar-refractivity contribution in [3.63, 3.8) is 0 Å². The van der Waals surface area contributed by atoms with Crippen LogP contribution in [0.25, 0.3) is 0 Å². The van der Waals surface area contributed by atoms with E-state index in [1.54, 1.807) is 0 Å². The molecule has 5 heteroatoms. The van der Waals surface area contributed by atoms with Crippen LogP contribution in [-0.2, 0) is 0 Å². The zero-order valence-electron chi connectivity index (χ0n) is 10.6. The van der Waals surface area contributed by atoms with Gasteiger partial charge >= 0.3 is 0 Å². The normalized spacial score (nSPS) is 15.8. The molecule has 0 radical (unpaired) electrons. The van der Waals surface area contributed by atoms with Crippen LogP contribution in [0.2, 0.25) is 0 Å². The molecule has 0 saturated heterocycles. The van der Waals surface area contributed by atoms with E-state index in [2.05, 4.69) is 10.1 Å². The Hall–Kier alpha value is -2.17. The van der Waals surface area contributed by atoms with Gasteiger partial charge in [0, 0.05) is 5.56 Å². The third-order valence-corrected chi connectivity index (χ3v) is 3.70. The first-order valence-corrected chi connectivity index (χ1v) is 6.56. The van der Waals surface area contributed by atoms with Crippen molar-refractivity contribution in [2.24, 2.45) is 0 Å². The number of rotatable bonds is 2. The number of nitrogens with two attached hydrogens (primary N) is 1. The molecule has 1 aromatic carbocycles. The topological polar surface area (TPSA) is 73.8 Å². The van der Waals surface area contributed by atoms with Gasteiger partial charge in [0.25, 0.3) is 5.91 Å². The highest BCUT2D eigenvalue weighted by atomic mass is 16.2. The zero-order valence-corrected chi connectivity index (χ0v) is 10.6. The van der Waals surface area contributed by atoms with Gasteiger partial charge < -0.3 is 5.73 Å². The summed E-state index contributed by atoms with van der Waals surface area (Å²) in [5.41, 5.74) is 7.34. The summed E-state index contributed by atoms with van der Waals surface area (Å²) in [5.74, 6) is 0.560. The standard InChI is InChI=1S/C14H16N4O/c15-14-16-9-18(17-14)13(19)12-7-5-11(6-8-12)10-3-1-2-4-10/h5-10H,1-4H2,(H2,15,17). The molecule has 1 fully saturated rings. The number of anilines is 1. The van der Waals surface area contributed by atoms with Crippen LogP contribution in [0.1, 0.15) is 47.5 Å². The van der Waals surface area contributed by atoms with Gasteiger partial charge in [-0.25, -0.2) is 4.98 Å². The van der Waals surface area contributed by atoms with Gasteiger partial charge in [-0.1, -0.05) is 25.0 Å². The highest BCUT2D eigenvalue weighted by molar-refractivity contribution is 5.95. The van der Waals surface area contributed by atoms with Crippen molar-refractivity contribution in [3.05, 3.63) is 41.7 Å². The second kappa shape index (κ2) is 4.84. The number of benzene rings is 1. The Morgan fingerprint density at radius 3 is 2.47 bits per heavy atom. The van der Waals surface area contributed by atoms with Crippen molar-refractivity contribution in [2.45, 2.75) is 31.6 Å². The van der Waals surface area contributed by atoms with Crippen LogP contribution >= 0.6 is 0 Å². The Labute approximate surface area is 111 Å². The Bertz CT molecular complexity index is 582. The van der Waals surface area contributed by atoms with Gasteiger partial charge in [0.1, 0.15) is 6.33 Å². The van der Waals surface area contributed by atoms with Crippen LogP contribution in [0.15, 0.2) is 30.6 Å². The van der Waals surface area contributed by atoms with Gasteiger partial charge in [0.05, 0.1) is 0 Å². The summed E-state index contributed by atoms with van der Waals surface area (Å²) in [7, 11) is 0. The molecular weight excluding hydrogens is 240 g/mol. The fourth-order valence-electron chi connectivity index (χ4n) is 2.66. The highest BCUT2D eigenvalue weighted by Crippen LogP contribution is 2.33. The lowest BCUT2D eigenvalue weighted by molar-refractivity contribution is 0.0945. The van der Waals surface area contributed by atoms with E-state index in [-0.39, 0.29) is 11.9 Å². The summed E-state index contributed by atoms with van der Waals surface area (Å²) < 4.78 is 1.17. The molecule has 0 spiro atoms. The van der Waals surface area contributed by atoms with E-state index in [0.717, 1.165) is 0 Å². The second-order valence-electron chi connectivity index (χ2n) is 4.96. The molecule has 1 saturated carbocycles. The predicted octanol–water partition coefficient (Wildman–Crippen LogP) is 2.21. The van der Waals surface area contributed by atoms with E-state index in [4.69, 9.17) is 5.73 Å². The first-order chi connectivity index (χ1) is 9.24. The Kier molecular flexibility index (Phi) is 3.03. The van der Waals surface area contributed by atoms with Crippen molar-refractivity contribution < 1.29 is 4.79 Å². The summed E-state index contributed by atoms with van der Waals surface area (Å²) >= 11 is 0. The van der Waals surface area contributed by atoms with Crippen LogP contribution in [0.4, 0.5) is 5.95 Å². The zero-order chi connectivity index (χ0) is 13.2. The van der Waals surface area contributed by atoms with Crippen LogP contribution in [0.5, 0.6) is 0 Å². The number of carbonyl (C=O) groups excluding carboxylic acids is 1. The van der Waals surface area contributed by atoms with E-state index < -0.39 is 0 Å². The fourth-order valence-corrected chi connectivity index (χ4v) is 2.66. The lowest BCUT2D eigenvalue weighted by Gasteiger charge is -2.09. The highest BCUT2D eigenvalue weighted by Gasteiger charge is 2.17. The van der Waals surface area contributed by atoms with Gasteiger partial charge in [-0.05, 0) is 36.5 Å². The van der Waals surface area contributed by atoms with Gasteiger partial charge in [-0.15, -0.1) is 5.10 Å². The quantitative estimate of drug-likeness (QED) is 0.894.